The average molecular weight is 436 g/mol. The van der Waals surface area contributed by atoms with Crippen molar-refractivity contribution in [1.82, 2.24) is 4.90 Å². The summed E-state index contributed by atoms with van der Waals surface area (Å²) in [7, 11) is 0. The fourth-order valence-electron chi connectivity index (χ4n) is 3.36. The highest BCUT2D eigenvalue weighted by Crippen LogP contribution is 2.30. The molecular weight excluding hydrogens is 417 g/mol. The molecule has 142 valence electrons. The second-order valence-corrected chi connectivity index (χ2v) is 7.47. The molecule has 1 atom stereocenters. The number of halogens is 2. The molecule has 1 aliphatic rings. The number of rotatable bonds is 3. The lowest BCUT2D eigenvalue weighted by molar-refractivity contribution is -0.385. The topological polar surface area (TPSA) is 66.7 Å². The molecule has 0 spiro atoms. The highest BCUT2D eigenvalue weighted by molar-refractivity contribution is 9.10. The first-order chi connectivity index (χ1) is 12.8. The minimum atomic E-state index is -0.620. The molecule has 0 aromatic heterocycles. The Bertz CT molecular complexity index is 906. The first-order valence-electron chi connectivity index (χ1n) is 8.54. The van der Waals surface area contributed by atoms with E-state index in [4.69, 9.17) is 0 Å². The highest BCUT2D eigenvalue weighted by atomic mass is 79.9. The SMILES string of the molecule is Cc1cc(N2CCN(C(=O)c3ccccc3Br)C(C)C2)c(F)cc1[N+](=O)[O-]. The third-order valence-electron chi connectivity index (χ3n) is 4.80. The van der Waals surface area contributed by atoms with Crippen molar-refractivity contribution in [3.63, 3.8) is 0 Å². The van der Waals surface area contributed by atoms with Gasteiger partial charge in [-0.05, 0) is 48.0 Å². The molecule has 1 heterocycles. The Morgan fingerprint density at radius 3 is 2.63 bits per heavy atom. The Kier molecular flexibility index (Phi) is 5.46. The van der Waals surface area contributed by atoms with Crippen molar-refractivity contribution in [3.05, 3.63) is 67.9 Å². The molecule has 0 saturated carbocycles. The summed E-state index contributed by atoms with van der Waals surface area (Å²) in [4.78, 5) is 26.8. The van der Waals surface area contributed by atoms with Gasteiger partial charge in [-0.25, -0.2) is 4.39 Å². The third-order valence-corrected chi connectivity index (χ3v) is 5.49. The van der Waals surface area contributed by atoms with Gasteiger partial charge in [-0.15, -0.1) is 0 Å². The van der Waals surface area contributed by atoms with Crippen LogP contribution in [0, 0.1) is 22.9 Å². The Morgan fingerprint density at radius 1 is 1.30 bits per heavy atom. The molecule has 3 rings (SSSR count). The zero-order chi connectivity index (χ0) is 19.7. The van der Waals surface area contributed by atoms with Crippen molar-refractivity contribution in [2.24, 2.45) is 0 Å². The van der Waals surface area contributed by atoms with Crippen LogP contribution in [0.4, 0.5) is 15.8 Å². The lowest BCUT2D eigenvalue weighted by Gasteiger charge is -2.41. The Morgan fingerprint density at radius 2 is 2.00 bits per heavy atom. The average Bonchev–Trinajstić information content (AvgIpc) is 2.63. The van der Waals surface area contributed by atoms with Crippen LogP contribution >= 0.6 is 15.9 Å². The number of piperazine rings is 1. The fourth-order valence-corrected chi connectivity index (χ4v) is 3.82. The fraction of sp³-hybridized carbons (Fsp3) is 0.316. The molecular formula is C19H19BrFN3O3. The quantitative estimate of drug-likeness (QED) is 0.536. The minimum Gasteiger partial charge on any atom is -0.365 e. The summed E-state index contributed by atoms with van der Waals surface area (Å²) < 4.78 is 15.2. The molecule has 0 radical (unpaired) electrons. The second kappa shape index (κ2) is 7.64. The van der Waals surface area contributed by atoms with Crippen LogP contribution in [0.15, 0.2) is 40.9 Å². The van der Waals surface area contributed by atoms with Crippen LogP contribution in [0.2, 0.25) is 0 Å². The van der Waals surface area contributed by atoms with Gasteiger partial charge in [0.1, 0.15) is 0 Å². The summed E-state index contributed by atoms with van der Waals surface area (Å²) in [5, 5.41) is 11.0. The van der Waals surface area contributed by atoms with E-state index >= 15 is 0 Å². The summed E-state index contributed by atoms with van der Waals surface area (Å²) in [6, 6.07) is 9.59. The molecule has 1 aliphatic heterocycles. The molecule has 0 aliphatic carbocycles. The van der Waals surface area contributed by atoms with Gasteiger partial charge in [0.25, 0.3) is 11.6 Å². The summed E-state index contributed by atoms with van der Waals surface area (Å²) >= 11 is 3.41. The van der Waals surface area contributed by atoms with Crippen molar-refractivity contribution in [2.75, 3.05) is 24.5 Å². The number of amides is 1. The van der Waals surface area contributed by atoms with E-state index in [0.717, 1.165) is 10.5 Å². The van der Waals surface area contributed by atoms with Crippen molar-refractivity contribution >= 4 is 33.2 Å². The highest BCUT2D eigenvalue weighted by Gasteiger charge is 2.30. The maximum Gasteiger partial charge on any atom is 0.275 e. The third kappa shape index (κ3) is 3.80. The molecule has 1 saturated heterocycles. The van der Waals surface area contributed by atoms with Gasteiger partial charge >= 0.3 is 0 Å². The molecule has 1 unspecified atom stereocenters. The summed E-state index contributed by atoms with van der Waals surface area (Å²) in [6.45, 7) is 4.85. The van der Waals surface area contributed by atoms with Gasteiger partial charge in [-0.3, -0.25) is 14.9 Å². The van der Waals surface area contributed by atoms with Crippen LogP contribution in [0.25, 0.3) is 0 Å². The van der Waals surface area contributed by atoms with Gasteiger partial charge < -0.3 is 9.80 Å². The van der Waals surface area contributed by atoms with Crippen LogP contribution in [0.5, 0.6) is 0 Å². The van der Waals surface area contributed by atoms with Crippen LogP contribution in [0.1, 0.15) is 22.8 Å². The number of carbonyl (C=O) groups excluding carboxylic acids is 1. The molecule has 0 bridgehead atoms. The summed E-state index contributed by atoms with van der Waals surface area (Å²) in [5.74, 6) is -0.694. The molecule has 1 fully saturated rings. The molecule has 6 nitrogen and oxygen atoms in total. The van der Waals surface area contributed by atoms with Crippen molar-refractivity contribution in [2.45, 2.75) is 19.9 Å². The van der Waals surface area contributed by atoms with Gasteiger partial charge in [0.15, 0.2) is 5.82 Å². The van der Waals surface area contributed by atoms with E-state index in [1.54, 1.807) is 17.9 Å². The van der Waals surface area contributed by atoms with Gasteiger partial charge in [0, 0.05) is 35.7 Å². The van der Waals surface area contributed by atoms with E-state index in [0.29, 0.717) is 36.4 Å². The van der Waals surface area contributed by atoms with Gasteiger partial charge in [-0.1, -0.05) is 12.1 Å². The largest absolute Gasteiger partial charge is 0.365 e. The van der Waals surface area contributed by atoms with E-state index < -0.39 is 10.7 Å². The minimum absolute atomic E-state index is 0.0741. The molecule has 0 N–H and O–H groups in total. The smallest absolute Gasteiger partial charge is 0.275 e. The first-order valence-corrected chi connectivity index (χ1v) is 9.34. The van der Waals surface area contributed by atoms with Crippen LogP contribution in [0.3, 0.4) is 0 Å². The number of hydrogen-bond donors (Lipinski definition) is 0. The molecule has 8 heteroatoms. The Hall–Kier alpha value is -2.48. The number of nitro benzene ring substituents is 1. The Labute approximate surface area is 164 Å². The normalized spacial score (nSPS) is 17.1. The van der Waals surface area contributed by atoms with Gasteiger partial charge in [0.2, 0.25) is 0 Å². The molecule has 2 aromatic rings. The standard InChI is InChI=1S/C19H19BrFN3O3/c1-12-9-18(16(21)10-17(12)24(26)27)22-7-8-23(13(2)11-22)19(25)14-5-3-4-6-15(14)20/h3-6,9-10,13H,7-8,11H2,1-2H3. The van der Waals surface area contributed by atoms with Gasteiger partial charge in [0.05, 0.1) is 22.2 Å². The van der Waals surface area contributed by atoms with Gasteiger partial charge in [-0.2, -0.15) is 0 Å². The number of benzene rings is 2. The zero-order valence-electron chi connectivity index (χ0n) is 15.0. The number of aryl methyl sites for hydroxylation is 1. The van der Waals surface area contributed by atoms with Crippen molar-refractivity contribution in [1.29, 1.82) is 0 Å². The summed E-state index contributed by atoms with van der Waals surface area (Å²) in [5.41, 5.74) is 1.11. The first kappa shape index (κ1) is 19.3. The predicted molar refractivity (Wildman–Crippen MR) is 105 cm³/mol. The molecule has 27 heavy (non-hydrogen) atoms. The van der Waals surface area contributed by atoms with Crippen LogP contribution in [-0.2, 0) is 0 Å². The Balaban J connectivity index is 1.79. The maximum absolute atomic E-state index is 14.4. The van der Waals surface area contributed by atoms with E-state index in [9.17, 15) is 19.3 Å². The lowest BCUT2D eigenvalue weighted by Crippen LogP contribution is -2.54. The monoisotopic (exact) mass is 435 g/mol. The van der Waals surface area contributed by atoms with Crippen molar-refractivity contribution < 1.29 is 14.1 Å². The molecule has 1 amide bonds. The van der Waals surface area contributed by atoms with Crippen LogP contribution < -0.4 is 4.90 Å². The number of nitro groups is 1. The lowest BCUT2D eigenvalue weighted by atomic mass is 10.1. The second-order valence-electron chi connectivity index (χ2n) is 6.62. The number of carbonyl (C=O) groups is 1. The van der Waals surface area contributed by atoms with E-state index in [-0.39, 0.29) is 17.6 Å². The van der Waals surface area contributed by atoms with Crippen LogP contribution in [-0.4, -0.2) is 41.4 Å². The van der Waals surface area contributed by atoms with E-state index in [1.165, 1.54) is 6.07 Å². The van der Waals surface area contributed by atoms with Crippen molar-refractivity contribution in [3.8, 4) is 0 Å². The van der Waals surface area contributed by atoms with E-state index in [2.05, 4.69) is 15.9 Å². The number of anilines is 1. The van der Waals surface area contributed by atoms with E-state index in [1.807, 2.05) is 30.0 Å². The number of hydrogen-bond acceptors (Lipinski definition) is 4. The number of nitrogens with zero attached hydrogens (tertiary/aromatic N) is 3. The molecule has 2 aromatic carbocycles. The summed E-state index contributed by atoms with van der Waals surface area (Å²) in [6.07, 6.45) is 0. The predicted octanol–water partition coefficient (Wildman–Crippen LogP) is 4.16. The zero-order valence-corrected chi connectivity index (χ0v) is 16.6. The maximum atomic E-state index is 14.4.